The molecule has 174 valence electrons. The van der Waals surface area contributed by atoms with Gasteiger partial charge in [-0.2, -0.15) is 0 Å². The van der Waals surface area contributed by atoms with Crippen LogP contribution in [0.3, 0.4) is 0 Å². The van der Waals surface area contributed by atoms with Gasteiger partial charge in [0.1, 0.15) is 12.2 Å². The first-order valence-corrected chi connectivity index (χ1v) is 11.4. The van der Waals surface area contributed by atoms with Gasteiger partial charge in [-0.15, -0.1) is 0 Å². The highest BCUT2D eigenvalue weighted by Gasteiger charge is 2.27. The van der Waals surface area contributed by atoms with E-state index in [1.165, 1.54) is 11.8 Å². The number of likely N-dealkylation sites (tertiary alicyclic amines) is 1. The van der Waals surface area contributed by atoms with Crippen LogP contribution in [-0.4, -0.2) is 57.4 Å². The third kappa shape index (κ3) is 5.85. The van der Waals surface area contributed by atoms with Crippen molar-refractivity contribution in [3.63, 3.8) is 0 Å². The van der Waals surface area contributed by atoms with Gasteiger partial charge in [0.2, 0.25) is 11.8 Å². The van der Waals surface area contributed by atoms with Crippen LogP contribution in [-0.2, 0) is 20.8 Å². The van der Waals surface area contributed by atoms with Crippen LogP contribution in [0.4, 0.5) is 5.82 Å². The van der Waals surface area contributed by atoms with Crippen molar-refractivity contribution in [3.8, 4) is 0 Å². The zero-order valence-corrected chi connectivity index (χ0v) is 18.5. The largest absolute Gasteiger partial charge is 0.481 e. The second kappa shape index (κ2) is 10.4. The van der Waals surface area contributed by atoms with Gasteiger partial charge in [0.15, 0.2) is 0 Å². The Morgan fingerprint density at radius 3 is 2.76 bits per heavy atom. The van der Waals surface area contributed by atoms with E-state index in [2.05, 4.69) is 27.8 Å². The fourth-order valence-corrected chi connectivity index (χ4v) is 4.50. The number of nitrogens with one attached hydrogen (secondary N) is 2. The van der Waals surface area contributed by atoms with Gasteiger partial charge in [0.05, 0.1) is 12.5 Å². The Hall–Kier alpha value is -3.49. The molecule has 2 amide bonds. The summed E-state index contributed by atoms with van der Waals surface area (Å²) in [7, 11) is 0. The van der Waals surface area contributed by atoms with E-state index in [0.29, 0.717) is 24.6 Å². The van der Waals surface area contributed by atoms with Crippen molar-refractivity contribution in [2.75, 3.05) is 25.0 Å². The number of hydrogen-bond donors (Lipinski definition) is 3. The maximum Gasteiger partial charge on any atom is 0.305 e. The van der Waals surface area contributed by atoms with E-state index < -0.39 is 17.9 Å². The van der Waals surface area contributed by atoms with E-state index in [1.807, 2.05) is 0 Å². The maximum absolute atomic E-state index is 12.7. The molecule has 9 heteroatoms. The lowest BCUT2D eigenvalue weighted by Crippen LogP contribution is -2.41. The highest BCUT2D eigenvalue weighted by Crippen LogP contribution is 2.30. The van der Waals surface area contributed by atoms with Crippen LogP contribution in [0.2, 0.25) is 0 Å². The number of carbonyl (C=O) groups excluding carboxylic acids is 2. The molecule has 0 aliphatic carbocycles. The molecular formula is C24H29N5O4. The Morgan fingerprint density at radius 2 is 2.03 bits per heavy atom. The molecule has 0 unspecified atom stereocenters. The van der Waals surface area contributed by atoms with Crippen LogP contribution >= 0.6 is 0 Å². The lowest BCUT2D eigenvalue weighted by molar-refractivity contribution is -0.138. The van der Waals surface area contributed by atoms with Crippen molar-refractivity contribution in [1.29, 1.82) is 0 Å². The molecule has 0 saturated carbocycles. The molecule has 0 radical (unpaired) electrons. The molecule has 1 fully saturated rings. The quantitative estimate of drug-likeness (QED) is 0.552. The molecule has 0 aromatic carbocycles. The van der Waals surface area contributed by atoms with Gasteiger partial charge >= 0.3 is 5.97 Å². The first kappa shape index (κ1) is 22.7. The Morgan fingerprint density at radius 1 is 1.21 bits per heavy atom. The van der Waals surface area contributed by atoms with Gasteiger partial charge in [0.25, 0.3) is 0 Å². The summed E-state index contributed by atoms with van der Waals surface area (Å²) in [6.07, 6.45) is 6.30. The number of rotatable bonds is 7. The summed E-state index contributed by atoms with van der Waals surface area (Å²) < 4.78 is 0. The molecule has 0 spiro atoms. The van der Waals surface area contributed by atoms with Gasteiger partial charge < -0.3 is 20.6 Å². The standard InChI is InChI=1S/C24H29N5O4/c30-21(27-20(13-23(32)33)18-4-1-9-25-15-18)14-22(31)29-11-7-16(8-12-29)19-6-5-17-3-2-10-26-24(17)28-19/h1,4-6,9,15-16,20H,2-3,7-8,10-14H2,(H,26,28)(H,27,30)(H,32,33)/t20-/m0/s1. The zero-order valence-electron chi connectivity index (χ0n) is 18.5. The van der Waals surface area contributed by atoms with Gasteiger partial charge in [-0.25, -0.2) is 4.98 Å². The minimum atomic E-state index is -1.04. The lowest BCUT2D eigenvalue weighted by atomic mass is 9.92. The van der Waals surface area contributed by atoms with Crippen molar-refractivity contribution in [1.82, 2.24) is 20.2 Å². The summed E-state index contributed by atoms with van der Waals surface area (Å²) >= 11 is 0. The number of carboxylic acids is 1. The van der Waals surface area contributed by atoms with Crippen LogP contribution in [0, 0.1) is 0 Å². The summed E-state index contributed by atoms with van der Waals surface area (Å²) in [5.74, 6) is -0.490. The molecule has 4 heterocycles. The number of aromatic nitrogens is 2. The molecule has 33 heavy (non-hydrogen) atoms. The summed E-state index contributed by atoms with van der Waals surface area (Å²) in [6, 6.07) is 6.91. The van der Waals surface area contributed by atoms with Crippen molar-refractivity contribution >= 4 is 23.6 Å². The summed E-state index contributed by atoms with van der Waals surface area (Å²) in [4.78, 5) is 46.9. The number of amides is 2. The van der Waals surface area contributed by atoms with Crippen molar-refractivity contribution in [3.05, 3.63) is 53.5 Å². The third-order valence-electron chi connectivity index (χ3n) is 6.29. The molecule has 0 bridgehead atoms. The number of hydrogen-bond acceptors (Lipinski definition) is 6. The van der Waals surface area contributed by atoms with Crippen molar-refractivity contribution in [2.24, 2.45) is 0 Å². The van der Waals surface area contributed by atoms with Gasteiger partial charge in [-0.05, 0) is 48.9 Å². The van der Waals surface area contributed by atoms with E-state index in [1.54, 1.807) is 23.2 Å². The van der Waals surface area contributed by atoms with Gasteiger partial charge in [-0.1, -0.05) is 12.1 Å². The van der Waals surface area contributed by atoms with Crippen molar-refractivity contribution in [2.45, 2.75) is 50.5 Å². The minimum absolute atomic E-state index is 0.244. The predicted molar refractivity (Wildman–Crippen MR) is 122 cm³/mol. The summed E-state index contributed by atoms with van der Waals surface area (Å²) in [6.45, 7) is 2.10. The second-order valence-corrected chi connectivity index (χ2v) is 8.61. The Labute approximate surface area is 192 Å². The highest BCUT2D eigenvalue weighted by atomic mass is 16.4. The highest BCUT2D eigenvalue weighted by molar-refractivity contribution is 5.97. The van der Waals surface area contributed by atoms with Crippen LogP contribution < -0.4 is 10.6 Å². The number of carbonyl (C=O) groups is 3. The number of fused-ring (bicyclic) bond motifs is 1. The molecule has 2 aliphatic heterocycles. The number of aryl methyl sites for hydroxylation is 1. The monoisotopic (exact) mass is 451 g/mol. The molecule has 4 rings (SSSR count). The van der Waals surface area contributed by atoms with Crippen LogP contribution in [0.5, 0.6) is 0 Å². The number of piperidine rings is 1. The van der Waals surface area contributed by atoms with E-state index in [-0.39, 0.29) is 18.7 Å². The Bertz CT molecular complexity index is 1010. The molecule has 2 aromatic heterocycles. The average Bonchev–Trinajstić information content (AvgIpc) is 2.83. The van der Waals surface area contributed by atoms with Crippen LogP contribution in [0.25, 0.3) is 0 Å². The first-order valence-electron chi connectivity index (χ1n) is 11.4. The van der Waals surface area contributed by atoms with Crippen molar-refractivity contribution < 1.29 is 19.5 Å². The fourth-order valence-electron chi connectivity index (χ4n) is 4.50. The summed E-state index contributed by atoms with van der Waals surface area (Å²) in [5, 5.41) is 15.2. The van der Waals surface area contributed by atoms with E-state index in [0.717, 1.165) is 43.7 Å². The Balaban J connectivity index is 1.29. The molecular weight excluding hydrogens is 422 g/mol. The molecule has 9 nitrogen and oxygen atoms in total. The first-order chi connectivity index (χ1) is 16.0. The molecule has 2 aromatic rings. The normalized spacial score (nSPS) is 16.9. The minimum Gasteiger partial charge on any atom is -0.481 e. The number of pyridine rings is 2. The smallest absolute Gasteiger partial charge is 0.305 e. The number of aliphatic carboxylic acids is 1. The number of nitrogens with zero attached hydrogens (tertiary/aromatic N) is 3. The van der Waals surface area contributed by atoms with Gasteiger partial charge in [-0.3, -0.25) is 19.4 Å². The molecule has 1 atom stereocenters. The number of carboxylic acid groups (broad SMARTS) is 1. The fraction of sp³-hybridized carbons (Fsp3) is 0.458. The summed E-state index contributed by atoms with van der Waals surface area (Å²) in [5.41, 5.74) is 2.91. The van der Waals surface area contributed by atoms with Gasteiger partial charge in [0, 0.05) is 43.6 Å². The SMILES string of the molecule is O=C(O)C[C@H](NC(=O)CC(=O)N1CCC(c2ccc3c(n2)NCCC3)CC1)c1cccnc1. The third-order valence-corrected chi connectivity index (χ3v) is 6.29. The predicted octanol–water partition coefficient (Wildman–Crippen LogP) is 2.26. The Kier molecular flexibility index (Phi) is 7.16. The zero-order chi connectivity index (χ0) is 23.2. The van der Waals surface area contributed by atoms with Crippen LogP contribution in [0.1, 0.15) is 60.9 Å². The van der Waals surface area contributed by atoms with E-state index in [4.69, 9.17) is 4.98 Å². The molecule has 1 saturated heterocycles. The maximum atomic E-state index is 12.7. The van der Waals surface area contributed by atoms with Crippen LogP contribution in [0.15, 0.2) is 36.7 Å². The molecule has 3 N–H and O–H groups in total. The number of anilines is 1. The van der Waals surface area contributed by atoms with E-state index in [9.17, 15) is 19.5 Å². The molecule has 2 aliphatic rings. The lowest BCUT2D eigenvalue weighted by Gasteiger charge is -2.32. The van der Waals surface area contributed by atoms with E-state index >= 15 is 0 Å². The average molecular weight is 452 g/mol. The second-order valence-electron chi connectivity index (χ2n) is 8.61. The topological polar surface area (TPSA) is 125 Å².